The van der Waals surface area contributed by atoms with E-state index in [-0.39, 0.29) is 0 Å². The number of nitrogen functional groups attached to an aromatic ring is 1. The standard InChI is InChI=1S/C7H8ClN5O/c1-4-6(12-14-11-4)3-13-2-5(8)7(9)10-13/h2H,3H2,1H3,(H2,9,10). The van der Waals surface area contributed by atoms with Gasteiger partial charge in [-0.3, -0.25) is 4.68 Å². The zero-order valence-electron chi connectivity index (χ0n) is 7.44. The zero-order valence-corrected chi connectivity index (χ0v) is 8.19. The summed E-state index contributed by atoms with van der Waals surface area (Å²) in [4.78, 5) is 0. The van der Waals surface area contributed by atoms with Gasteiger partial charge in [-0.25, -0.2) is 4.63 Å². The van der Waals surface area contributed by atoms with Crippen molar-refractivity contribution in [3.05, 3.63) is 22.6 Å². The first-order valence-electron chi connectivity index (χ1n) is 3.93. The maximum absolute atomic E-state index is 5.74. The molecule has 0 saturated carbocycles. The van der Waals surface area contributed by atoms with E-state index in [1.807, 2.05) is 0 Å². The second-order valence-electron chi connectivity index (χ2n) is 2.86. The maximum Gasteiger partial charge on any atom is 0.164 e. The summed E-state index contributed by atoms with van der Waals surface area (Å²) < 4.78 is 6.14. The summed E-state index contributed by atoms with van der Waals surface area (Å²) in [5.41, 5.74) is 6.93. The smallest absolute Gasteiger partial charge is 0.164 e. The molecule has 0 unspecified atom stereocenters. The molecule has 2 aromatic rings. The van der Waals surface area contributed by atoms with Gasteiger partial charge in [0.2, 0.25) is 0 Å². The fourth-order valence-electron chi connectivity index (χ4n) is 1.04. The van der Waals surface area contributed by atoms with Crippen LogP contribution in [0.5, 0.6) is 0 Å². The Kier molecular flexibility index (Phi) is 2.12. The molecule has 0 aliphatic heterocycles. The van der Waals surface area contributed by atoms with Gasteiger partial charge in [0.05, 0.1) is 6.54 Å². The molecule has 2 heterocycles. The van der Waals surface area contributed by atoms with Crippen LogP contribution < -0.4 is 5.73 Å². The molecular weight excluding hydrogens is 206 g/mol. The first-order valence-corrected chi connectivity index (χ1v) is 4.31. The van der Waals surface area contributed by atoms with Gasteiger partial charge in [0.1, 0.15) is 16.4 Å². The lowest BCUT2D eigenvalue weighted by atomic mass is 10.3. The molecule has 74 valence electrons. The minimum absolute atomic E-state index is 0.306. The maximum atomic E-state index is 5.74. The zero-order chi connectivity index (χ0) is 10.1. The van der Waals surface area contributed by atoms with Crippen molar-refractivity contribution in [3.8, 4) is 0 Å². The number of nitrogens with two attached hydrogens (primary N) is 1. The average molecular weight is 214 g/mol. The van der Waals surface area contributed by atoms with E-state index in [0.29, 0.717) is 23.1 Å². The lowest BCUT2D eigenvalue weighted by Crippen LogP contribution is -2.02. The molecule has 0 aromatic carbocycles. The number of hydrogen-bond donors (Lipinski definition) is 1. The van der Waals surface area contributed by atoms with Crippen molar-refractivity contribution in [1.29, 1.82) is 0 Å². The Balaban J connectivity index is 2.23. The van der Waals surface area contributed by atoms with Crippen molar-refractivity contribution in [2.24, 2.45) is 0 Å². The molecular formula is C7H8ClN5O. The molecule has 0 fully saturated rings. The summed E-state index contributed by atoms with van der Waals surface area (Å²) in [5.74, 6) is 0.306. The van der Waals surface area contributed by atoms with Crippen LogP contribution in [0.2, 0.25) is 5.02 Å². The van der Waals surface area contributed by atoms with Crippen molar-refractivity contribution in [1.82, 2.24) is 20.1 Å². The minimum Gasteiger partial charge on any atom is -0.381 e. The highest BCUT2D eigenvalue weighted by molar-refractivity contribution is 6.32. The molecule has 2 N–H and O–H groups in total. The number of rotatable bonds is 2. The average Bonchev–Trinajstić information content (AvgIpc) is 2.63. The summed E-state index contributed by atoms with van der Waals surface area (Å²) in [6, 6.07) is 0. The molecule has 14 heavy (non-hydrogen) atoms. The van der Waals surface area contributed by atoms with Crippen LogP contribution in [0.1, 0.15) is 11.4 Å². The van der Waals surface area contributed by atoms with Crippen LogP contribution in [0.25, 0.3) is 0 Å². The molecule has 0 radical (unpaired) electrons. The number of aromatic nitrogens is 4. The first-order chi connectivity index (χ1) is 6.66. The van der Waals surface area contributed by atoms with Crippen LogP contribution >= 0.6 is 11.6 Å². The third-order valence-electron chi connectivity index (χ3n) is 1.80. The lowest BCUT2D eigenvalue weighted by molar-refractivity contribution is 0.300. The number of halogens is 1. The van der Waals surface area contributed by atoms with Gasteiger partial charge in [0.15, 0.2) is 5.82 Å². The van der Waals surface area contributed by atoms with Crippen LogP contribution in [0.15, 0.2) is 10.8 Å². The highest BCUT2D eigenvalue weighted by Gasteiger charge is 2.08. The van der Waals surface area contributed by atoms with Gasteiger partial charge >= 0.3 is 0 Å². The third-order valence-corrected chi connectivity index (χ3v) is 2.09. The second kappa shape index (κ2) is 3.30. The van der Waals surface area contributed by atoms with Crippen LogP contribution in [-0.4, -0.2) is 20.1 Å². The van der Waals surface area contributed by atoms with Crippen molar-refractivity contribution < 1.29 is 4.63 Å². The van der Waals surface area contributed by atoms with Gasteiger partial charge in [0.25, 0.3) is 0 Å². The van der Waals surface area contributed by atoms with Crippen LogP contribution in [0.4, 0.5) is 5.82 Å². The highest BCUT2D eigenvalue weighted by atomic mass is 35.5. The van der Waals surface area contributed by atoms with Gasteiger partial charge in [-0.15, -0.1) is 0 Å². The van der Waals surface area contributed by atoms with Crippen molar-refractivity contribution in [2.75, 3.05) is 5.73 Å². The Hall–Kier alpha value is -1.56. The summed E-state index contributed by atoms with van der Waals surface area (Å²) in [6.45, 7) is 2.26. The predicted octanol–water partition coefficient (Wildman–Crippen LogP) is 0.858. The summed E-state index contributed by atoms with van der Waals surface area (Å²) in [7, 11) is 0. The lowest BCUT2D eigenvalue weighted by Gasteiger charge is -1.95. The summed E-state index contributed by atoms with van der Waals surface area (Å²) in [6.07, 6.45) is 1.63. The molecule has 2 aromatic heterocycles. The Morgan fingerprint density at radius 2 is 2.36 bits per heavy atom. The van der Waals surface area contributed by atoms with Gasteiger partial charge in [-0.1, -0.05) is 21.9 Å². The van der Waals surface area contributed by atoms with E-state index < -0.39 is 0 Å². The van der Waals surface area contributed by atoms with E-state index in [2.05, 4.69) is 20.0 Å². The number of aryl methyl sites for hydroxylation is 1. The minimum atomic E-state index is 0.306. The summed E-state index contributed by atoms with van der Waals surface area (Å²) in [5, 5.41) is 11.8. The van der Waals surface area contributed by atoms with E-state index in [1.165, 1.54) is 0 Å². The summed E-state index contributed by atoms with van der Waals surface area (Å²) >= 11 is 5.74. The first kappa shape index (κ1) is 9.01. The molecule has 0 aliphatic rings. The van der Waals surface area contributed by atoms with E-state index >= 15 is 0 Å². The number of hydrogen-bond acceptors (Lipinski definition) is 5. The van der Waals surface area contributed by atoms with Gasteiger partial charge < -0.3 is 5.73 Å². The quantitative estimate of drug-likeness (QED) is 0.800. The molecule has 2 rings (SSSR count). The largest absolute Gasteiger partial charge is 0.381 e. The van der Waals surface area contributed by atoms with E-state index in [0.717, 1.165) is 5.69 Å². The Labute approximate surface area is 84.6 Å². The van der Waals surface area contributed by atoms with Gasteiger partial charge in [-0.05, 0) is 6.92 Å². The molecule has 0 atom stereocenters. The van der Waals surface area contributed by atoms with Crippen LogP contribution in [-0.2, 0) is 6.54 Å². The van der Waals surface area contributed by atoms with E-state index in [9.17, 15) is 0 Å². The molecule has 0 spiro atoms. The Bertz CT molecular complexity index is 429. The molecule has 6 nitrogen and oxygen atoms in total. The topological polar surface area (TPSA) is 82.8 Å². The monoisotopic (exact) mass is 213 g/mol. The van der Waals surface area contributed by atoms with Crippen LogP contribution in [0, 0.1) is 6.92 Å². The SMILES string of the molecule is Cc1nonc1Cn1cc(Cl)c(N)n1. The normalized spacial score (nSPS) is 10.7. The molecule has 0 saturated heterocycles. The van der Waals surface area contributed by atoms with Crippen molar-refractivity contribution in [2.45, 2.75) is 13.5 Å². The van der Waals surface area contributed by atoms with Crippen molar-refractivity contribution >= 4 is 17.4 Å². The molecule has 7 heteroatoms. The molecule has 0 amide bonds. The van der Waals surface area contributed by atoms with Gasteiger partial charge in [-0.2, -0.15) is 5.10 Å². The fourth-order valence-corrected chi connectivity index (χ4v) is 1.19. The Morgan fingerprint density at radius 3 is 2.86 bits per heavy atom. The third kappa shape index (κ3) is 1.56. The van der Waals surface area contributed by atoms with E-state index in [1.54, 1.807) is 17.8 Å². The van der Waals surface area contributed by atoms with E-state index in [4.69, 9.17) is 17.3 Å². The number of nitrogens with zero attached hydrogens (tertiary/aromatic N) is 4. The highest BCUT2D eigenvalue weighted by Crippen LogP contribution is 2.16. The predicted molar refractivity (Wildman–Crippen MR) is 49.8 cm³/mol. The van der Waals surface area contributed by atoms with Crippen LogP contribution in [0.3, 0.4) is 0 Å². The van der Waals surface area contributed by atoms with Crippen molar-refractivity contribution in [3.63, 3.8) is 0 Å². The molecule has 0 aliphatic carbocycles. The molecule has 0 bridgehead atoms. The second-order valence-corrected chi connectivity index (χ2v) is 3.26. The Morgan fingerprint density at radius 1 is 1.57 bits per heavy atom. The van der Waals surface area contributed by atoms with Gasteiger partial charge in [0, 0.05) is 6.20 Å². The fraction of sp³-hybridized carbons (Fsp3) is 0.286. The number of anilines is 1.